The van der Waals surface area contributed by atoms with E-state index >= 15 is 0 Å². The maximum Gasteiger partial charge on any atom is 0.264 e. The molecule has 1 heterocycles. The highest BCUT2D eigenvalue weighted by atomic mass is 32.2. The number of rotatable bonds is 3. The van der Waals surface area contributed by atoms with Crippen LogP contribution in [0.1, 0.15) is 11.1 Å². The van der Waals surface area contributed by atoms with Gasteiger partial charge in [-0.15, -0.1) is 0 Å². The van der Waals surface area contributed by atoms with Gasteiger partial charge in [0, 0.05) is 16.6 Å². The van der Waals surface area contributed by atoms with E-state index < -0.39 is 20.7 Å². The first kappa shape index (κ1) is 16.2. The summed E-state index contributed by atoms with van der Waals surface area (Å²) in [6.45, 7) is 3.20. The van der Waals surface area contributed by atoms with E-state index in [1.54, 1.807) is 25.1 Å². The van der Waals surface area contributed by atoms with E-state index in [1.807, 2.05) is 0 Å². The molecule has 0 saturated carbocycles. The fourth-order valence-electron chi connectivity index (χ4n) is 2.37. The molecule has 0 spiro atoms. The van der Waals surface area contributed by atoms with Crippen molar-refractivity contribution in [2.75, 3.05) is 4.72 Å². The Morgan fingerprint density at radius 1 is 1.08 bits per heavy atom. The smallest absolute Gasteiger partial charge is 0.264 e. The predicted molar refractivity (Wildman–Crippen MR) is 90.1 cm³/mol. The molecule has 5 nitrogen and oxygen atoms in total. The topological polar surface area (TPSA) is 79.3 Å². The van der Waals surface area contributed by atoms with E-state index in [9.17, 15) is 17.9 Å². The molecular weight excluding hydrogens is 331 g/mol. The summed E-state index contributed by atoms with van der Waals surface area (Å²) in [7, 11) is -4.05. The Balaban J connectivity index is 2.02. The van der Waals surface area contributed by atoms with Crippen molar-refractivity contribution >= 4 is 26.6 Å². The molecule has 0 aliphatic carbocycles. The number of pyridine rings is 1. The lowest BCUT2D eigenvalue weighted by Gasteiger charge is -2.11. The minimum Gasteiger partial charge on any atom is -0.493 e. The van der Waals surface area contributed by atoms with Crippen molar-refractivity contribution in [1.82, 2.24) is 4.98 Å². The number of aromatic hydroxyl groups is 1. The molecule has 3 aromatic rings. The number of hydrogen-bond acceptors (Lipinski definition) is 4. The number of fused-ring (bicyclic) bond motifs is 1. The molecule has 0 saturated heterocycles. The van der Waals surface area contributed by atoms with E-state index in [4.69, 9.17) is 0 Å². The molecule has 0 amide bonds. The Hall–Kier alpha value is -2.67. The minimum absolute atomic E-state index is 0.0716. The van der Waals surface area contributed by atoms with Gasteiger partial charge in [-0.3, -0.25) is 4.72 Å². The van der Waals surface area contributed by atoms with Gasteiger partial charge in [0.05, 0.1) is 5.52 Å². The van der Waals surface area contributed by atoms with Crippen LogP contribution in [0, 0.1) is 19.7 Å². The van der Waals surface area contributed by atoms with Gasteiger partial charge in [0.2, 0.25) is 5.88 Å². The molecule has 0 radical (unpaired) electrons. The largest absolute Gasteiger partial charge is 0.493 e. The zero-order valence-corrected chi connectivity index (χ0v) is 13.9. The number of benzene rings is 2. The Labute approximate surface area is 138 Å². The van der Waals surface area contributed by atoms with Crippen LogP contribution < -0.4 is 4.72 Å². The van der Waals surface area contributed by atoms with E-state index in [1.165, 1.54) is 31.2 Å². The molecule has 1 aromatic heterocycles. The number of hydrogen-bond donors (Lipinski definition) is 2. The van der Waals surface area contributed by atoms with Crippen LogP contribution in [0.5, 0.6) is 5.88 Å². The second-order valence-electron chi connectivity index (χ2n) is 5.53. The monoisotopic (exact) mass is 346 g/mol. The molecule has 3 rings (SSSR count). The van der Waals surface area contributed by atoms with Crippen LogP contribution in [0.4, 0.5) is 10.1 Å². The molecule has 2 aromatic carbocycles. The van der Waals surface area contributed by atoms with Crippen LogP contribution in [-0.2, 0) is 10.0 Å². The Bertz CT molecular complexity index is 1050. The molecule has 0 fully saturated rings. The van der Waals surface area contributed by atoms with Gasteiger partial charge in [-0.25, -0.2) is 17.8 Å². The zero-order chi connectivity index (χ0) is 17.5. The molecule has 0 aliphatic rings. The highest BCUT2D eigenvalue weighted by Gasteiger charge is 2.20. The molecule has 0 bridgehead atoms. The second kappa shape index (κ2) is 5.76. The van der Waals surface area contributed by atoms with Crippen molar-refractivity contribution in [3.63, 3.8) is 0 Å². The van der Waals surface area contributed by atoms with Crippen LogP contribution in [0.25, 0.3) is 10.9 Å². The number of sulfonamides is 1. The summed E-state index contributed by atoms with van der Waals surface area (Å²) in [6.07, 6.45) is 0. The van der Waals surface area contributed by atoms with Crippen LogP contribution in [0.15, 0.2) is 47.4 Å². The summed E-state index contributed by atoms with van der Waals surface area (Å²) in [6, 6.07) is 10.6. The van der Waals surface area contributed by atoms with Gasteiger partial charge in [-0.05, 0) is 49.7 Å². The Kier molecular flexibility index (Phi) is 3.88. The molecule has 7 heteroatoms. The van der Waals surface area contributed by atoms with E-state index in [0.717, 1.165) is 0 Å². The number of halogens is 1. The third-order valence-corrected chi connectivity index (χ3v) is 5.08. The van der Waals surface area contributed by atoms with Gasteiger partial charge in [0.15, 0.2) is 0 Å². The first-order valence-corrected chi connectivity index (χ1v) is 8.64. The van der Waals surface area contributed by atoms with Gasteiger partial charge in [0.1, 0.15) is 10.7 Å². The SMILES string of the molecule is Cc1cc2cc(NS(=O)(=O)c3cccc(C)c3F)ccc2nc1O. The van der Waals surface area contributed by atoms with Crippen molar-refractivity contribution in [1.29, 1.82) is 0 Å². The maximum atomic E-state index is 14.1. The lowest BCUT2D eigenvalue weighted by atomic mass is 10.1. The first-order chi connectivity index (χ1) is 11.3. The standard InChI is InChI=1S/C17H15FN2O3S/c1-10-4-3-5-15(16(10)18)24(22,23)20-13-6-7-14-12(9-13)8-11(2)17(21)19-14/h3-9,20H,1-2H3,(H,19,21). The average molecular weight is 346 g/mol. The lowest BCUT2D eigenvalue weighted by Crippen LogP contribution is -2.15. The number of anilines is 1. The van der Waals surface area contributed by atoms with Crippen LogP contribution in [-0.4, -0.2) is 18.5 Å². The van der Waals surface area contributed by atoms with Crippen molar-refractivity contribution < 1.29 is 17.9 Å². The zero-order valence-electron chi connectivity index (χ0n) is 13.0. The van der Waals surface area contributed by atoms with Gasteiger partial charge >= 0.3 is 0 Å². The number of nitrogens with zero attached hydrogens (tertiary/aromatic N) is 1. The van der Waals surface area contributed by atoms with Crippen molar-refractivity contribution in [2.45, 2.75) is 18.7 Å². The fraction of sp³-hybridized carbons (Fsp3) is 0.118. The van der Waals surface area contributed by atoms with Gasteiger partial charge in [0.25, 0.3) is 10.0 Å². The molecule has 2 N–H and O–H groups in total. The number of nitrogens with one attached hydrogen (secondary N) is 1. The van der Waals surface area contributed by atoms with E-state index in [2.05, 4.69) is 9.71 Å². The van der Waals surface area contributed by atoms with Crippen molar-refractivity contribution in [2.24, 2.45) is 0 Å². The number of aromatic nitrogens is 1. The molecule has 0 aliphatic heterocycles. The summed E-state index contributed by atoms with van der Waals surface area (Å²) in [4.78, 5) is 3.61. The number of aryl methyl sites for hydroxylation is 2. The molecule has 124 valence electrons. The van der Waals surface area contributed by atoms with Crippen LogP contribution >= 0.6 is 0 Å². The van der Waals surface area contributed by atoms with E-state index in [0.29, 0.717) is 16.5 Å². The Morgan fingerprint density at radius 2 is 1.83 bits per heavy atom. The quantitative estimate of drug-likeness (QED) is 0.761. The summed E-state index contributed by atoms with van der Waals surface area (Å²) in [5.41, 5.74) is 1.65. The second-order valence-corrected chi connectivity index (χ2v) is 7.18. The highest BCUT2D eigenvalue weighted by Crippen LogP contribution is 2.25. The van der Waals surface area contributed by atoms with Gasteiger partial charge in [-0.1, -0.05) is 12.1 Å². The third kappa shape index (κ3) is 2.90. The van der Waals surface area contributed by atoms with Crippen molar-refractivity contribution in [3.8, 4) is 5.88 Å². The van der Waals surface area contributed by atoms with Gasteiger partial charge < -0.3 is 5.11 Å². The maximum absolute atomic E-state index is 14.1. The summed E-state index contributed by atoms with van der Waals surface area (Å²) in [5, 5.41) is 10.3. The molecule has 24 heavy (non-hydrogen) atoms. The average Bonchev–Trinajstić information content (AvgIpc) is 2.51. The molecule has 0 unspecified atom stereocenters. The predicted octanol–water partition coefficient (Wildman–Crippen LogP) is 3.50. The normalized spacial score (nSPS) is 11.6. The van der Waals surface area contributed by atoms with Crippen molar-refractivity contribution in [3.05, 3.63) is 59.4 Å². The summed E-state index contributed by atoms with van der Waals surface area (Å²) in [5.74, 6) is -0.842. The Morgan fingerprint density at radius 3 is 2.58 bits per heavy atom. The highest BCUT2D eigenvalue weighted by molar-refractivity contribution is 7.92. The summed E-state index contributed by atoms with van der Waals surface area (Å²) < 4.78 is 41.3. The third-order valence-electron chi connectivity index (χ3n) is 3.68. The van der Waals surface area contributed by atoms with Crippen LogP contribution in [0.3, 0.4) is 0 Å². The van der Waals surface area contributed by atoms with Gasteiger partial charge in [-0.2, -0.15) is 0 Å². The molecule has 0 atom stereocenters. The van der Waals surface area contributed by atoms with E-state index in [-0.39, 0.29) is 17.1 Å². The first-order valence-electron chi connectivity index (χ1n) is 7.16. The van der Waals surface area contributed by atoms with Crippen LogP contribution in [0.2, 0.25) is 0 Å². The minimum atomic E-state index is -4.05. The summed E-state index contributed by atoms with van der Waals surface area (Å²) >= 11 is 0. The molecular formula is C17H15FN2O3S. The fourth-order valence-corrected chi connectivity index (χ4v) is 3.58. The lowest BCUT2D eigenvalue weighted by molar-refractivity contribution is 0.451.